The predicted octanol–water partition coefficient (Wildman–Crippen LogP) is 0.974. The zero-order valence-electron chi connectivity index (χ0n) is 8.14. The first-order valence-electron chi connectivity index (χ1n) is 4.48. The maximum atomic E-state index is 10.7. The maximum absolute atomic E-state index is 10.7. The monoisotopic (exact) mass is 226 g/mol. The predicted molar refractivity (Wildman–Crippen MR) is 54.2 cm³/mol. The summed E-state index contributed by atoms with van der Waals surface area (Å²) in [7, 11) is 0. The quantitative estimate of drug-likeness (QED) is 0.774. The lowest BCUT2D eigenvalue weighted by molar-refractivity contribution is 0.0454. The molecule has 1 aromatic rings. The van der Waals surface area contributed by atoms with Gasteiger partial charge < -0.3 is 9.84 Å². The van der Waals surface area contributed by atoms with Crippen molar-refractivity contribution in [1.29, 1.82) is 0 Å². The van der Waals surface area contributed by atoms with Crippen LogP contribution in [0.5, 0.6) is 0 Å². The van der Waals surface area contributed by atoms with Crippen LogP contribution >= 0.6 is 11.8 Å². The largest absolute Gasteiger partial charge is 0.478 e. The molecule has 1 aromatic heterocycles. The number of hydrogen-bond donors (Lipinski definition) is 1. The summed E-state index contributed by atoms with van der Waals surface area (Å²) in [5.74, 6) is -0.990. The number of carboxylic acids is 1. The summed E-state index contributed by atoms with van der Waals surface area (Å²) >= 11 is 1.52. The highest BCUT2D eigenvalue weighted by Gasteiger charge is 2.21. The highest BCUT2D eigenvalue weighted by molar-refractivity contribution is 7.99. The van der Waals surface area contributed by atoms with Crippen molar-refractivity contribution in [2.75, 3.05) is 13.2 Å². The second-order valence-corrected chi connectivity index (χ2v) is 4.50. The van der Waals surface area contributed by atoms with Gasteiger partial charge in [-0.15, -0.1) is 0 Å². The highest BCUT2D eigenvalue weighted by Crippen LogP contribution is 2.25. The first-order valence-corrected chi connectivity index (χ1v) is 5.36. The summed E-state index contributed by atoms with van der Waals surface area (Å²) in [4.78, 5) is 18.8. The van der Waals surface area contributed by atoms with Gasteiger partial charge in [0.15, 0.2) is 5.16 Å². The molecule has 2 heterocycles. The molecular formula is C9H10N2O3S. The van der Waals surface area contributed by atoms with Crippen LogP contribution in [0.3, 0.4) is 0 Å². The standard InChI is InChI=1S/C9H10N2O3S/c1-5-7(8(12)13)2-10-9(11-5)15-6-3-14-4-6/h2,6H,3-4H2,1H3,(H,12,13). The van der Waals surface area contributed by atoms with Gasteiger partial charge in [-0.05, 0) is 6.92 Å². The molecule has 1 aliphatic rings. The van der Waals surface area contributed by atoms with Crippen LogP contribution in [-0.2, 0) is 4.74 Å². The van der Waals surface area contributed by atoms with E-state index in [0.29, 0.717) is 29.3 Å². The molecule has 0 bridgehead atoms. The third-order valence-corrected chi connectivity index (χ3v) is 3.08. The fourth-order valence-electron chi connectivity index (χ4n) is 1.14. The molecule has 0 aromatic carbocycles. The van der Waals surface area contributed by atoms with Gasteiger partial charge in [0, 0.05) is 6.20 Å². The van der Waals surface area contributed by atoms with Gasteiger partial charge in [-0.2, -0.15) is 0 Å². The maximum Gasteiger partial charge on any atom is 0.339 e. The second kappa shape index (κ2) is 4.16. The van der Waals surface area contributed by atoms with Crippen LogP contribution in [0.2, 0.25) is 0 Å². The molecule has 5 nitrogen and oxygen atoms in total. The molecule has 2 rings (SSSR count). The average molecular weight is 226 g/mol. The normalized spacial score (nSPS) is 16.1. The number of ether oxygens (including phenoxy) is 1. The Bertz CT molecular complexity index is 393. The van der Waals surface area contributed by atoms with Crippen molar-refractivity contribution in [3.05, 3.63) is 17.5 Å². The molecule has 1 aliphatic heterocycles. The average Bonchev–Trinajstić information content (AvgIpc) is 2.11. The van der Waals surface area contributed by atoms with Crippen LogP contribution < -0.4 is 0 Å². The third kappa shape index (κ3) is 2.27. The SMILES string of the molecule is Cc1nc(SC2COC2)ncc1C(=O)O. The molecule has 0 unspecified atom stereocenters. The van der Waals surface area contributed by atoms with Gasteiger partial charge >= 0.3 is 5.97 Å². The Balaban J connectivity index is 2.13. The van der Waals surface area contributed by atoms with E-state index in [2.05, 4.69) is 9.97 Å². The second-order valence-electron chi connectivity index (χ2n) is 3.23. The van der Waals surface area contributed by atoms with Gasteiger partial charge in [-0.25, -0.2) is 14.8 Å². The number of carbonyl (C=O) groups is 1. The number of aromatic carboxylic acids is 1. The molecule has 0 amide bonds. The Kier molecular flexibility index (Phi) is 2.88. The van der Waals surface area contributed by atoms with E-state index in [1.165, 1.54) is 18.0 Å². The van der Waals surface area contributed by atoms with Crippen molar-refractivity contribution in [1.82, 2.24) is 9.97 Å². The highest BCUT2D eigenvalue weighted by atomic mass is 32.2. The van der Waals surface area contributed by atoms with Crippen molar-refractivity contribution < 1.29 is 14.6 Å². The van der Waals surface area contributed by atoms with E-state index in [0.717, 1.165) is 0 Å². The Labute approximate surface area is 90.9 Å². The van der Waals surface area contributed by atoms with Gasteiger partial charge in [0.05, 0.1) is 29.7 Å². The number of aromatic nitrogens is 2. The van der Waals surface area contributed by atoms with Crippen molar-refractivity contribution in [2.45, 2.75) is 17.3 Å². The van der Waals surface area contributed by atoms with Crippen LogP contribution in [0.25, 0.3) is 0 Å². The van der Waals surface area contributed by atoms with Gasteiger partial charge in [-0.3, -0.25) is 0 Å². The number of rotatable bonds is 3. The Morgan fingerprint density at radius 3 is 2.87 bits per heavy atom. The van der Waals surface area contributed by atoms with Gasteiger partial charge in [0.2, 0.25) is 0 Å². The molecule has 0 spiro atoms. The van der Waals surface area contributed by atoms with Crippen LogP contribution in [0.4, 0.5) is 0 Å². The number of nitrogens with zero attached hydrogens (tertiary/aromatic N) is 2. The molecule has 15 heavy (non-hydrogen) atoms. The number of aryl methyl sites for hydroxylation is 1. The van der Waals surface area contributed by atoms with E-state index in [1.54, 1.807) is 6.92 Å². The van der Waals surface area contributed by atoms with E-state index in [9.17, 15) is 4.79 Å². The summed E-state index contributed by atoms with van der Waals surface area (Å²) in [5, 5.41) is 9.81. The number of hydrogen-bond acceptors (Lipinski definition) is 5. The molecule has 80 valence electrons. The first kappa shape index (κ1) is 10.4. The summed E-state index contributed by atoms with van der Waals surface area (Å²) in [6, 6.07) is 0. The fourth-order valence-corrected chi connectivity index (χ4v) is 2.07. The van der Waals surface area contributed by atoms with Gasteiger partial charge in [0.1, 0.15) is 0 Å². The van der Waals surface area contributed by atoms with Crippen LogP contribution in [-0.4, -0.2) is 39.5 Å². The Morgan fingerprint density at radius 2 is 2.40 bits per heavy atom. The van der Waals surface area contributed by atoms with Crippen LogP contribution in [0.15, 0.2) is 11.4 Å². The fraction of sp³-hybridized carbons (Fsp3) is 0.444. The summed E-state index contributed by atoms with van der Waals surface area (Å²) in [5.41, 5.74) is 0.657. The number of carboxylic acid groups (broad SMARTS) is 1. The van der Waals surface area contributed by atoms with E-state index in [1.807, 2.05) is 0 Å². The van der Waals surface area contributed by atoms with Crippen molar-refractivity contribution in [2.24, 2.45) is 0 Å². The minimum Gasteiger partial charge on any atom is -0.478 e. The van der Waals surface area contributed by atoms with Crippen molar-refractivity contribution >= 4 is 17.7 Å². The molecule has 0 saturated carbocycles. The van der Waals surface area contributed by atoms with E-state index in [4.69, 9.17) is 9.84 Å². The minimum atomic E-state index is -0.990. The molecule has 6 heteroatoms. The zero-order chi connectivity index (χ0) is 10.8. The van der Waals surface area contributed by atoms with Crippen molar-refractivity contribution in [3.8, 4) is 0 Å². The van der Waals surface area contributed by atoms with Crippen molar-refractivity contribution in [3.63, 3.8) is 0 Å². The smallest absolute Gasteiger partial charge is 0.339 e. The zero-order valence-corrected chi connectivity index (χ0v) is 8.95. The lowest BCUT2D eigenvalue weighted by Crippen LogP contribution is -2.30. The lowest BCUT2D eigenvalue weighted by atomic mass is 10.2. The first-order chi connectivity index (χ1) is 7.16. The molecule has 1 saturated heterocycles. The summed E-state index contributed by atoms with van der Waals surface area (Å²) in [6.07, 6.45) is 1.35. The van der Waals surface area contributed by atoms with Crippen LogP contribution in [0, 0.1) is 6.92 Å². The van der Waals surface area contributed by atoms with Crippen LogP contribution in [0.1, 0.15) is 16.1 Å². The third-order valence-electron chi connectivity index (χ3n) is 2.07. The molecule has 0 atom stereocenters. The molecule has 0 aliphatic carbocycles. The lowest BCUT2D eigenvalue weighted by Gasteiger charge is -2.24. The molecule has 1 fully saturated rings. The van der Waals surface area contributed by atoms with Gasteiger partial charge in [0.25, 0.3) is 0 Å². The minimum absolute atomic E-state index is 0.157. The Morgan fingerprint density at radius 1 is 1.67 bits per heavy atom. The number of thioether (sulfide) groups is 1. The van der Waals surface area contributed by atoms with E-state index >= 15 is 0 Å². The van der Waals surface area contributed by atoms with E-state index in [-0.39, 0.29) is 5.56 Å². The van der Waals surface area contributed by atoms with E-state index < -0.39 is 5.97 Å². The van der Waals surface area contributed by atoms with Gasteiger partial charge in [-0.1, -0.05) is 11.8 Å². The topological polar surface area (TPSA) is 72.3 Å². The molecule has 1 N–H and O–H groups in total. The summed E-state index contributed by atoms with van der Waals surface area (Å²) in [6.45, 7) is 3.11. The molecular weight excluding hydrogens is 216 g/mol. The Hall–Kier alpha value is -1.14. The molecule has 0 radical (unpaired) electrons. The summed E-state index contributed by atoms with van der Waals surface area (Å²) < 4.78 is 5.03.